The zero-order valence-electron chi connectivity index (χ0n) is 14.2. The highest BCUT2D eigenvalue weighted by molar-refractivity contribution is 14.1. The van der Waals surface area contributed by atoms with E-state index >= 15 is 0 Å². The molecule has 0 radical (unpaired) electrons. The number of esters is 1. The quantitative estimate of drug-likeness (QED) is 0.409. The lowest BCUT2D eigenvalue weighted by Crippen LogP contribution is -2.21. The van der Waals surface area contributed by atoms with Gasteiger partial charge in [0.05, 0.1) is 5.02 Å². The van der Waals surface area contributed by atoms with Gasteiger partial charge in [0.1, 0.15) is 17.0 Å². The van der Waals surface area contributed by atoms with E-state index in [9.17, 15) is 9.59 Å². The predicted molar refractivity (Wildman–Crippen MR) is 110 cm³/mol. The maximum absolute atomic E-state index is 12.5. The fourth-order valence-corrected chi connectivity index (χ4v) is 2.97. The van der Waals surface area contributed by atoms with Crippen molar-refractivity contribution in [3.63, 3.8) is 0 Å². The van der Waals surface area contributed by atoms with Gasteiger partial charge in [-0.15, -0.1) is 0 Å². The summed E-state index contributed by atoms with van der Waals surface area (Å²) in [6.45, 7) is 1.16. The molecule has 6 nitrogen and oxygen atoms in total. The second-order valence-corrected chi connectivity index (χ2v) is 7.23. The minimum atomic E-state index is -0.707. The number of nitrogens with one attached hydrogen (secondary N) is 1. The maximum Gasteiger partial charge on any atom is 0.344 e. The van der Waals surface area contributed by atoms with Crippen LogP contribution in [0, 0.1) is 10.5 Å². The van der Waals surface area contributed by atoms with Crippen LogP contribution in [0.4, 0.5) is 5.69 Å². The topological polar surface area (TPSA) is 81.4 Å². The zero-order valence-corrected chi connectivity index (χ0v) is 17.1. The van der Waals surface area contributed by atoms with E-state index in [2.05, 4.69) is 33.1 Å². The van der Waals surface area contributed by atoms with E-state index in [0.29, 0.717) is 16.3 Å². The molecule has 27 heavy (non-hydrogen) atoms. The molecule has 0 spiro atoms. The number of amides is 1. The van der Waals surface area contributed by atoms with Gasteiger partial charge < -0.3 is 14.6 Å². The van der Waals surface area contributed by atoms with Crippen LogP contribution in [0.15, 0.2) is 53.1 Å². The number of carbonyl (C=O) groups is 2. The molecule has 3 rings (SSSR count). The van der Waals surface area contributed by atoms with Gasteiger partial charge in [0.25, 0.3) is 5.91 Å². The summed E-state index contributed by atoms with van der Waals surface area (Å²) in [6.07, 6.45) is 0. The molecule has 138 valence electrons. The van der Waals surface area contributed by atoms with Gasteiger partial charge in [-0.3, -0.25) is 4.79 Å². The maximum atomic E-state index is 12.5. The van der Waals surface area contributed by atoms with E-state index in [-0.39, 0.29) is 17.0 Å². The van der Waals surface area contributed by atoms with Gasteiger partial charge in [-0.1, -0.05) is 35.0 Å². The summed E-state index contributed by atoms with van der Waals surface area (Å²) in [5, 5.41) is 7.00. The molecular formula is C19H14ClIN2O4. The molecule has 0 aliphatic carbocycles. The number of nitrogens with zero attached hydrogens (tertiary/aromatic N) is 1. The summed E-state index contributed by atoms with van der Waals surface area (Å²) in [5.74, 6) is -0.868. The van der Waals surface area contributed by atoms with Crippen molar-refractivity contribution in [2.45, 2.75) is 6.92 Å². The molecule has 0 saturated carbocycles. The second-order valence-electron chi connectivity index (χ2n) is 5.57. The van der Waals surface area contributed by atoms with Crippen LogP contribution in [-0.2, 0) is 9.53 Å². The summed E-state index contributed by atoms with van der Waals surface area (Å²) in [4.78, 5) is 24.5. The van der Waals surface area contributed by atoms with Crippen LogP contribution in [0.1, 0.15) is 16.1 Å². The zero-order chi connectivity index (χ0) is 19.4. The number of aryl methyl sites for hydroxylation is 1. The summed E-state index contributed by atoms with van der Waals surface area (Å²) < 4.78 is 11.3. The molecule has 8 heteroatoms. The van der Waals surface area contributed by atoms with Crippen molar-refractivity contribution in [2.24, 2.45) is 0 Å². The standard InChI is InChI=1S/C19H14ClIN2O4/c1-11-17(18(23-27-11)14-4-2-3-5-15(14)20)19(25)26-10-16(24)22-13-8-6-12(21)7-9-13/h2-9H,10H2,1H3,(H,22,24). The van der Waals surface area contributed by atoms with Crippen LogP contribution in [0.3, 0.4) is 0 Å². The van der Waals surface area contributed by atoms with Gasteiger partial charge in [-0.2, -0.15) is 0 Å². The minimum Gasteiger partial charge on any atom is -0.452 e. The van der Waals surface area contributed by atoms with E-state index in [1.165, 1.54) is 0 Å². The van der Waals surface area contributed by atoms with E-state index in [0.717, 1.165) is 3.57 Å². The molecule has 2 aromatic carbocycles. The van der Waals surface area contributed by atoms with Gasteiger partial charge in [-0.05, 0) is 59.8 Å². The molecule has 1 heterocycles. The summed E-state index contributed by atoms with van der Waals surface area (Å²) in [7, 11) is 0. The Morgan fingerprint density at radius 1 is 1.19 bits per heavy atom. The predicted octanol–water partition coefficient (Wildman–Crippen LogP) is 4.70. The molecule has 0 aliphatic rings. The van der Waals surface area contributed by atoms with Crippen LogP contribution in [0.5, 0.6) is 0 Å². The van der Waals surface area contributed by atoms with Crippen molar-refractivity contribution in [2.75, 3.05) is 11.9 Å². The first-order valence-electron chi connectivity index (χ1n) is 7.89. The van der Waals surface area contributed by atoms with Crippen LogP contribution < -0.4 is 5.32 Å². The van der Waals surface area contributed by atoms with Gasteiger partial charge in [0, 0.05) is 14.8 Å². The molecule has 1 amide bonds. The number of hydrogen-bond acceptors (Lipinski definition) is 5. The third kappa shape index (κ3) is 4.67. The van der Waals surface area contributed by atoms with Gasteiger partial charge in [-0.25, -0.2) is 4.79 Å². The number of rotatable bonds is 5. The van der Waals surface area contributed by atoms with E-state index in [1.807, 2.05) is 12.1 Å². The molecule has 0 unspecified atom stereocenters. The smallest absolute Gasteiger partial charge is 0.344 e. The monoisotopic (exact) mass is 496 g/mol. The van der Waals surface area contributed by atoms with E-state index in [4.69, 9.17) is 20.9 Å². The summed E-state index contributed by atoms with van der Waals surface area (Å²) >= 11 is 8.34. The van der Waals surface area contributed by atoms with Crippen molar-refractivity contribution in [1.29, 1.82) is 0 Å². The lowest BCUT2D eigenvalue weighted by Gasteiger charge is -2.07. The largest absolute Gasteiger partial charge is 0.452 e. The third-order valence-electron chi connectivity index (χ3n) is 3.66. The molecular weight excluding hydrogens is 483 g/mol. The Labute approximate surface area is 174 Å². The number of halogens is 2. The molecule has 0 aliphatic heterocycles. The Morgan fingerprint density at radius 2 is 1.89 bits per heavy atom. The van der Waals surface area contributed by atoms with Crippen LogP contribution in [0.2, 0.25) is 5.02 Å². The highest BCUT2D eigenvalue weighted by Gasteiger charge is 2.24. The normalized spacial score (nSPS) is 10.5. The van der Waals surface area contributed by atoms with Crippen LogP contribution in [-0.4, -0.2) is 23.6 Å². The fourth-order valence-electron chi connectivity index (χ4n) is 2.38. The van der Waals surface area contributed by atoms with Crippen molar-refractivity contribution in [3.05, 3.63) is 68.4 Å². The lowest BCUT2D eigenvalue weighted by molar-refractivity contribution is -0.119. The second kappa shape index (κ2) is 8.53. The van der Waals surface area contributed by atoms with Crippen LogP contribution >= 0.6 is 34.2 Å². The first-order valence-corrected chi connectivity index (χ1v) is 9.35. The van der Waals surface area contributed by atoms with Gasteiger partial charge in [0.2, 0.25) is 0 Å². The average molecular weight is 497 g/mol. The van der Waals surface area contributed by atoms with Crippen molar-refractivity contribution >= 4 is 51.8 Å². The lowest BCUT2D eigenvalue weighted by atomic mass is 10.1. The molecule has 1 aromatic heterocycles. The third-order valence-corrected chi connectivity index (χ3v) is 4.71. The molecule has 1 N–H and O–H groups in total. The molecule has 0 fully saturated rings. The summed E-state index contributed by atoms with van der Waals surface area (Å²) in [5.41, 5.74) is 1.59. The number of ether oxygens (including phenoxy) is 1. The molecule has 0 bridgehead atoms. The number of hydrogen-bond donors (Lipinski definition) is 1. The minimum absolute atomic E-state index is 0.144. The Hall–Kier alpha value is -2.39. The average Bonchev–Trinajstić information content (AvgIpc) is 3.03. The van der Waals surface area contributed by atoms with Crippen molar-refractivity contribution in [3.8, 4) is 11.3 Å². The SMILES string of the molecule is Cc1onc(-c2ccccc2Cl)c1C(=O)OCC(=O)Nc1ccc(I)cc1. The van der Waals surface area contributed by atoms with Crippen LogP contribution in [0.25, 0.3) is 11.3 Å². The van der Waals surface area contributed by atoms with E-state index in [1.54, 1.807) is 43.3 Å². The molecule has 0 saturated heterocycles. The molecule has 0 atom stereocenters. The molecule has 3 aromatic rings. The number of anilines is 1. The van der Waals surface area contributed by atoms with Crippen molar-refractivity contribution < 1.29 is 18.8 Å². The number of carbonyl (C=O) groups excluding carboxylic acids is 2. The summed E-state index contributed by atoms with van der Waals surface area (Å²) in [6, 6.07) is 14.2. The first kappa shape index (κ1) is 19.4. The van der Waals surface area contributed by atoms with Crippen molar-refractivity contribution in [1.82, 2.24) is 5.16 Å². The Bertz CT molecular complexity index is 986. The Balaban J connectivity index is 1.70. The number of benzene rings is 2. The Kier molecular flexibility index (Phi) is 6.12. The number of aromatic nitrogens is 1. The fraction of sp³-hybridized carbons (Fsp3) is 0.105. The Morgan fingerprint density at radius 3 is 2.59 bits per heavy atom. The van der Waals surface area contributed by atoms with E-state index < -0.39 is 18.5 Å². The van der Waals surface area contributed by atoms with Gasteiger partial charge >= 0.3 is 5.97 Å². The highest BCUT2D eigenvalue weighted by Crippen LogP contribution is 2.31. The van der Waals surface area contributed by atoms with Gasteiger partial charge in [0.15, 0.2) is 6.61 Å². The first-order chi connectivity index (χ1) is 13.0. The highest BCUT2D eigenvalue weighted by atomic mass is 127.